The van der Waals surface area contributed by atoms with Gasteiger partial charge in [0.2, 0.25) is 0 Å². The van der Waals surface area contributed by atoms with Gasteiger partial charge in [-0.15, -0.1) is 0 Å². The number of nitrogen functional groups attached to an aromatic ring is 1. The molecule has 0 fully saturated rings. The first-order valence-corrected chi connectivity index (χ1v) is 7.63. The minimum absolute atomic E-state index is 0.0823. The Morgan fingerprint density at radius 2 is 2.10 bits per heavy atom. The van der Waals surface area contributed by atoms with Gasteiger partial charge in [0.25, 0.3) is 10.0 Å². The van der Waals surface area contributed by atoms with Gasteiger partial charge in [-0.25, -0.2) is 17.9 Å². The quantitative estimate of drug-likeness (QED) is 0.537. The standard InChI is InChI=1S/C12H19N3O4S/c1-3-4-7-14-12(16)15-20(17,18)11-6-5-9(13)8-10(11)19-2/h5-6,8H,3-4,7,13H2,1-2H3,(H2,14,15,16). The predicted octanol–water partition coefficient (Wildman–Crippen LogP) is 1.07. The van der Waals surface area contributed by atoms with Crippen molar-refractivity contribution in [3.05, 3.63) is 18.2 Å². The van der Waals surface area contributed by atoms with Crippen molar-refractivity contribution in [3.8, 4) is 5.75 Å². The molecule has 1 rings (SSSR count). The second-order valence-corrected chi connectivity index (χ2v) is 5.78. The molecule has 0 spiro atoms. The summed E-state index contributed by atoms with van der Waals surface area (Å²) in [7, 11) is -2.67. The molecule has 1 aromatic rings. The molecule has 112 valence electrons. The zero-order valence-corrected chi connectivity index (χ0v) is 12.3. The highest BCUT2D eigenvalue weighted by Gasteiger charge is 2.21. The van der Waals surface area contributed by atoms with Gasteiger partial charge in [0.15, 0.2) is 0 Å². The average molecular weight is 301 g/mol. The fourth-order valence-corrected chi connectivity index (χ4v) is 2.58. The first kappa shape index (κ1) is 16.1. The minimum Gasteiger partial charge on any atom is -0.495 e. The minimum atomic E-state index is -4.00. The van der Waals surface area contributed by atoms with Crippen LogP contribution in [0, 0.1) is 0 Å². The molecule has 7 nitrogen and oxygen atoms in total. The third-order valence-electron chi connectivity index (χ3n) is 2.52. The van der Waals surface area contributed by atoms with Crippen LogP contribution in [-0.2, 0) is 10.0 Å². The Labute approximate surface area is 118 Å². The summed E-state index contributed by atoms with van der Waals surface area (Å²) in [4.78, 5) is 11.4. The van der Waals surface area contributed by atoms with Gasteiger partial charge in [0.05, 0.1) is 7.11 Å². The Morgan fingerprint density at radius 1 is 1.40 bits per heavy atom. The smallest absolute Gasteiger partial charge is 0.328 e. The van der Waals surface area contributed by atoms with Gasteiger partial charge in [-0.3, -0.25) is 0 Å². The third kappa shape index (κ3) is 4.30. The van der Waals surface area contributed by atoms with E-state index in [0.29, 0.717) is 12.2 Å². The summed E-state index contributed by atoms with van der Waals surface area (Å²) in [6.07, 6.45) is 1.68. The fourth-order valence-electron chi connectivity index (χ4n) is 1.50. The molecule has 0 saturated heterocycles. The van der Waals surface area contributed by atoms with Crippen molar-refractivity contribution in [2.75, 3.05) is 19.4 Å². The Balaban J connectivity index is 2.86. The normalized spacial score (nSPS) is 10.9. The summed E-state index contributed by atoms with van der Waals surface area (Å²) in [6, 6.07) is 3.32. The number of unbranched alkanes of at least 4 members (excludes halogenated alkanes) is 1. The molecule has 0 aliphatic heterocycles. The van der Waals surface area contributed by atoms with E-state index in [9.17, 15) is 13.2 Å². The van der Waals surface area contributed by atoms with Crippen molar-refractivity contribution < 1.29 is 17.9 Å². The van der Waals surface area contributed by atoms with Gasteiger partial charge >= 0.3 is 6.03 Å². The summed E-state index contributed by atoms with van der Waals surface area (Å²) in [6.45, 7) is 2.38. The van der Waals surface area contributed by atoms with Crippen molar-refractivity contribution in [3.63, 3.8) is 0 Å². The monoisotopic (exact) mass is 301 g/mol. The van der Waals surface area contributed by atoms with Gasteiger partial charge in [-0.2, -0.15) is 0 Å². The maximum Gasteiger partial charge on any atom is 0.328 e. The third-order valence-corrected chi connectivity index (χ3v) is 3.89. The van der Waals surface area contributed by atoms with Crippen LogP contribution >= 0.6 is 0 Å². The van der Waals surface area contributed by atoms with Crippen LogP contribution in [0.1, 0.15) is 19.8 Å². The number of nitrogens with two attached hydrogens (primary N) is 1. The summed E-state index contributed by atoms with van der Waals surface area (Å²) in [5, 5.41) is 2.46. The van der Waals surface area contributed by atoms with Crippen LogP contribution in [0.5, 0.6) is 5.75 Å². The maximum absolute atomic E-state index is 12.1. The number of carbonyl (C=O) groups excluding carboxylic acids is 1. The van der Waals surface area contributed by atoms with Crippen LogP contribution < -0.4 is 20.5 Å². The zero-order chi connectivity index (χ0) is 15.2. The molecule has 0 aromatic heterocycles. The number of carbonyl (C=O) groups is 1. The van der Waals surface area contributed by atoms with Crippen LogP contribution in [0.25, 0.3) is 0 Å². The largest absolute Gasteiger partial charge is 0.495 e. The number of sulfonamides is 1. The van der Waals surface area contributed by atoms with Crippen molar-refractivity contribution in [2.24, 2.45) is 0 Å². The van der Waals surface area contributed by atoms with Crippen LogP contribution in [0.3, 0.4) is 0 Å². The number of nitrogens with one attached hydrogen (secondary N) is 2. The lowest BCUT2D eigenvalue weighted by atomic mass is 10.3. The highest BCUT2D eigenvalue weighted by molar-refractivity contribution is 7.90. The number of ether oxygens (including phenoxy) is 1. The molecule has 0 atom stereocenters. The van der Waals surface area contributed by atoms with Gasteiger partial charge in [-0.05, 0) is 18.6 Å². The Bertz CT molecular complexity index is 572. The molecule has 2 amide bonds. The summed E-state index contributed by atoms with van der Waals surface area (Å²) < 4.78 is 31.0. The molecule has 0 bridgehead atoms. The lowest BCUT2D eigenvalue weighted by Gasteiger charge is -2.11. The molecule has 0 aliphatic carbocycles. The van der Waals surface area contributed by atoms with E-state index < -0.39 is 16.1 Å². The second kappa shape index (κ2) is 6.99. The molecule has 0 radical (unpaired) electrons. The first-order valence-electron chi connectivity index (χ1n) is 6.15. The van der Waals surface area contributed by atoms with Crippen LogP contribution in [-0.4, -0.2) is 28.1 Å². The molecule has 20 heavy (non-hydrogen) atoms. The van der Waals surface area contributed by atoms with Gasteiger partial charge in [0, 0.05) is 18.3 Å². The Hall–Kier alpha value is -1.96. The molecule has 1 aromatic carbocycles. The van der Waals surface area contributed by atoms with Crippen molar-refractivity contribution in [1.29, 1.82) is 0 Å². The van der Waals surface area contributed by atoms with Crippen LogP contribution in [0.2, 0.25) is 0 Å². The van der Waals surface area contributed by atoms with Crippen LogP contribution in [0.4, 0.5) is 10.5 Å². The van der Waals surface area contributed by atoms with Crippen LogP contribution in [0.15, 0.2) is 23.1 Å². The molecule has 4 N–H and O–H groups in total. The number of hydrogen-bond donors (Lipinski definition) is 3. The summed E-state index contributed by atoms with van der Waals surface area (Å²) >= 11 is 0. The van der Waals surface area contributed by atoms with E-state index in [1.807, 2.05) is 11.6 Å². The van der Waals surface area contributed by atoms with E-state index in [0.717, 1.165) is 12.8 Å². The molecule has 0 saturated carbocycles. The van der Waals surface area contributed by atoms with E-state index in [1.54, 1.807) is 0 Å². The molecular formula is C12H19N3O4S. The number of amides is 2. The number of urea groups is 1. The molecule has 0 unspecified atom stereocenters. The highest BCUT2D eigenvalue weighted by Crippen LogP contribution is 2.25. The van der Waals surface area contributed by atoms with Gasteiger partial charge in [-0.1, -0.05) is 13.3 Å². The molecular weight excluding hydrogens is 282 g/mol. The van der Waals surface area contributed by atoms with Crippen molar-refractivity contribution in [1.82, 2.24) is 10.0 Å². The summed E-state index contributed by atoms with van der Waals surface area (Å²) in [5.41, 5.74) is 5.92. The number of hydrogen-bond acceptors (Lipinski definition) is 5. The number of methoxy groups -OCH3 is 1. The SMILES string of the molecule is CCCCNC(=O)NS(=O)(=O)c1ccc(N)cc1OC. The second-order valence-electron chi connectivity index (χ2n) is 4.13. The van der Waals surface area contributed by atoms with Gasteiger partial charge in [0.1, 0.15) is 10.6 Å². The first-order chi connectivity index (χ1) is 9.40. The van der Waals surface area contributed by atoms with Crippen molar-refractivity contribution in [2.45, 2.75) is 24.7 Å². The lowest BCUT2D eigenvalue weighted by molar-refractivity contribution is 0.245. The van der Waals surface area contributed by atoms with Gasteiger partial charge < -0.3 is 15.8 Å². The molecule has 8 heteroatoms. The number of benzene rings is 1. The predicted molar refractivity (Wildman–Crippen MR) is 76.0 cm³/mol. The highest BCUT2D eigenvalue weighted by atomic mass is 32.2. The summed E-state index contributed by atoms with van der Waals surface area (Å²) in [5.74, 6) is 0.0823. The number of anilines is 1. The Morgan fingerprint density at radius 3 is 2.70 bits per heavy atom. The maximum atomic E-state index is 12.1. The average Bonchev–Trinajstić information content (AvgIpc) is 2.37. The van der Waals surface area contributed by atoms with E-state index >= 15 is 0 Å². The molecule has 0 aliphatic rings. The molecule has 0 heterocycles. The topological polar surface area (TPSA) is 111 Å². The Kier molecular flexibility index (Phi) is 5.63. The van der Waals surface area contributed by atoms with E-state index in [1.165, 1.54) is 25.3 Å². The fraction of sp³-hybridized carbons (Fsp3) is 0.417. The lowest BCUT2D eigenvalue weighted by Crippen LogP contribution is -2.39. The van der Waals surface area contributed by atoms with E-state index in [2.05, 4.69) is 5.32 Å². The zero-order valence-electron chi connectivity index (χ0n) is 11.5. The van der Waals surface area contributed by atoms with E-state index in [-0.39, 0.29) is 10.6 Å². The van der Waals surface area contributed by atoms with Crippen molar-refractivity contribution >= 4 is 21.7 Å². The van der Waals surface area contributed by atoms with E-state index in [4.69, 9.17) is 10.5 Å². The number of rotatable bonds is 6.